The maximum Gasteiger partial charge on any atom is 0.253 e. The van der Waals surface area contributed by atoms with Crippen molar-refractivity contribution in [1.29, 1.82) is 0 Å². The van der Waals surface area contributed by atoms with Crippen molar-refractivity contribution in [3.05, 3.63) is 53.3 Å². The Balaban J connectivity index is 1.49. The van der Waals surface area contributed by atoms with Gasteiger partial charge in [0, 0.05) is 37.4 Å². The standard InChI is InChI=1S/C19H26N4O/c1-15-11-21-23(13-15)14-16(2)20-12-17-5-7-18(8-6-17)19(24)22-9-3-4-10-22/h5-8,11,13,16,20H,3-4,9-10,12,14H2,1-2H3/t16-/m1/s1. The van der Waals surface area contributed by atoms with E-state index in [4.69, 9.17) is 0 Å². The fraction of sp³-hybridized carbons (Fsp3) is 0.474. The van der Waals surface area contributed by atoms with Gasteiger partial charge in [0.15, 0.2) is 0 Å². The zero-order chi connectivity index (χ0) is 16.9. The lowest BCUT2D eigenvalue weighted by Crippen LogP contribution is -2.30. The number of hydrogen-bond donors (Lipinski definition) is 1. The fourth-order valence-electron chi connectivity index (χ4n) is 3.07. The van der Waals surface area contributed by atoms with Crippen molar-refractivity contribution >= 4 is 5.91 Å². The molecule has 1 aromatic heterocycles. The summed E-state index contributed by atoms with van der Waals surface area (Å²) >= 11 is 0. The highest BCUT2D eigenvalue weighted by Gasteiger charge is 2.19. The number of aromatic nitrogens is 2. The zero-order valence-corrected chi connectivity index (χ0v) is 14.5. The molecule has 5 nitrogen and oxygen atoms in total. The molecule has 0 saturated carbocycles. The summed E-state index contributed by atoms with van der Waals surface area (Å²) in [6, 6.07) is 8.30. The van der Waals surface area contributed by atoms with Crippen LogP contribution in [0.5, 0.6) is 0 Å². The number of benzene rings is 1. The van der Waals surface area contributed by atoms with E-state index in [0.717, 1.165) is 44.6 Å². The van der Waals surface area contributed by atoms with E-state index in [-0.39, 0.29) is 5.91 Å². The van der Waals surface area contributed by atoms with Gasteiger partial charge in [0.1, 0.15) is 0 Å². The third-order valence-corrected chi connectivity index (χ3v) is 4.47. The van der Waals surface area contributed by atoms with E-state index >= 15 is 0 Å². The van der Waals surface area contributed by atoms with Gasteiger partial charge >= 0.3 is 0 Å². The zero-order valence-electron chi connectivity index (χ0n) is 14.5. The number of nitrogens with one attached hydrogen (secondary N) is 1. The van der Waals surface area contributed by atoms with Crippen LogP contribution in [0.1, 0.15) is 41.3 Å². The van der Waals surface area contributed by atoms with Crippen LogP contribution in [0.3, 0.4) is 0 Å². The van der Waals surface area contributed by atoms with E-state index in [9.17, 15) is 4.79 Å². The van der Waals surface area contributed by atoms with Gasteiger partial charge in [-0.2, -0.15) is 5.10 Å². The summed E-state index contributed by atoms with van der Waals surface area (Å²) in [6.07, 6.45) is 6.18. The first kappa shape index (κ1) is 16.7. The molecule has 0 radical (unpaired) electrons. The molecule has 1 N–H and O–H groups in total. The molecule has 128 valence electrons. The molecule has 1 saturated heterocycles. The number of aryl methyl sites for hydroxylation is 1. The Morgan fingerprint density at radius 3 is 2.58 bits per heavy atom. The molecule has 2 aromatic rings. The van der Waals surface area contributed by atoms with Gasteiger partial charge in [-0.1, -0.05) is 12.1 Å². The maximum absolute atomic E-state index is 12.3. The molecule has 1 aromatic carbocycles. The molecule has 1 amide bonds. The first-order valence-electron chi connectivity index (χ1n) is 8.72. The van der Waals surface area contributed by atoms with Crippen molar-refractivity contribution in [2.45, 2.75) is 45.8 Å². The van der Waals surface area contributed by atoms with Crippen molar-refractivity contribution in [2.75, 3.05) is 13.1 Å². The lowest BCUT2D eigenvalue weighted by atomic mass is 10.1. The summed E-state index contributed by atoms with van der Waals surface area (Å²) in [5.41, 5.74) is 3.16. The van der Waals surface area contributed by atoms with Gasteiger partial charge in [-0.3, -0.25) is 9.48 Å². The second-order valence-electron chi connectivity index (χ2n) is 6.72. The third kappa shape index (κ3) is 4.23. The smallest absolute Gasteiger partial charge is 0.253 e. The van der Waals surface area contributed by atoms with Crippen LogP contribution in [-0.4, -0.2) is 39.7 Å². The topological polar surface area (TPSA) is 50.2 Å². The normalized spacial score (nSPS) is 15.7. The van der Waals surface area contributed by atoms with E-state index in [0.29, 0.717) is 6.04 Å². The molecule has 1 aliphatic heterocycles. The summed E-state index contributed by atoms with van der Waals surface area (Å²) in [7, 11) is 0. The van der Waals surface area contributed by atoms with Crippen LogP contribution in [0.4, 0.5) is 0 Å². The summed E-state index contributed by atoms with van der Waals surface area (Å²) in [4.78, 5) is 14.3. The summed E-state index contributed by atoms with van der Waals surface area (Å²) < 4.78 is 1.96. The Labute approximate surface area is 143 Å². The molecular weight excluding hydrogens is 300 g/mol. The Bertz CT molecular complexity index is 671. The summed E-state index contributed by atoms with van der Waals surface area (Å²) in [5, 5.41) is 7.82. The molecule has 24 heavy (non-hydrogen) atoms. The molecule has 0 aliphatic carbocycles. The van der Waals surface area contributed by atoms with Crippen LogP contribution in [0, 0.1) is 6.92 Å². The first-order valence-corrected chi connectivity index (χ1v) is 8.72. The number of hydrogen-bond acceptors (Lipinski definition) is 3. The predicted octanol–water partition coefficient (Wildman–Crippen LogP) is 2.61. The number of carbonyl (C=O) groups is 1. The average molecular weight is 326 g/mol. The van der Waals surface area contributed by atoms with Crippen LogP contribution in [0.15, 0.2) is 36.7 Å². The van der Waals surface area contributed by atoms with Crippen LogP contribution in [-0.2, 0) is 13.1 Å². The lowest BCUT2D eigenvalue weighted by Gasteiger charge is -2.16. The Morgan fingerprint density at radius 2 is 1.96 bits per heavy atom. The van der Waals surface area contributed by atoms with Crippen molar-refractivity contribution < 1.29 is 4.79 Å². The fourth-order valence-corrected chi connectivity index (χ4v) is 3.07. The van der Waals surface area contributed by atoms with Crippen LogP contribution < -0.4 is 5.32 Å². The number of likely N-dealkylation sites (tertiary alicyclic amines) is 1. The second-order valence-corrected chi connectivity index (χ2v) is 6.72. The van der Waals surface area contributed by atoms with Crippen molar-refractivity contribution in [3.63, 3.8) is 0 Å². The Kier molecular flexibility index (Phi) is 5.30. The highest BCUT2D eigenvalue weighted by atomic mass is 16.2. The average Bonchev–Trinajstić information content (AvgIpc) is 3.25. The van der Waals surface area contributed by atoms with Gasteiger partial charge < -0.3 is 10.2 Å². The molecular formula is C19H26N4O. The molecule has 0 spiro atoms. The molecule has 0 bridgehead atoms. The van der Waals surface area contributed by atoms with Crippen LogP contribution in [0.2, 0.25) is 0 Å². The molecule has 5 heteroatoms. The molecule has 2 heterocycles. The van der Waals surface area contributed by atoms with Crippen molar-refractivity contribution in [1.82, 2.24) is 20.0 Å². The molecule has 0 unspecified atom stereocenters. The second kappa shape index (κ2) is 7.62. The van der Waals surface area contributed by atoms with Crippen LogP contribution in [0.25, 0.3) is 0 Å². The van der Waals surface area contributed by atoms with Gasteiger partial charge in [-0.25, -0.2) is 0 Å². The van der Waals surface area contributed by atoms with Gasteiger partial charge in [0.25, 0.3) is 5.91 Å². The lowest BCUT2D eigenvalue weighted by molar-refractivity contribution is 0.0793. The van der Waals surface area contributed by atoms with Gasteiger partial charge in [0.2, 0.25) is 0 Å². The van der Waals surface area contributed by atoms with Gasteiger partial charge in [-0.05, 0) is 49.9 Å². The molecule has 1 atom stereocenters. The van der Waals surface area contributed by atoms with E-state index < -0.39 is 0 Å². The van der Waals surface area contributed by atoms with E-state index in [1.54, 1.807) is 0 Å². The number of nitrogens with zero attached hydrogens (tertiary/aromatic N) is 3. The van der Waals surface area contributed by atoms with E-state index in [1.807, 2.05) is 47.0 Å². The largest absolute Gasteiger partial charge is 0.339 e. The molecule has 1 fully saturated rings. The Hall–Kier alpha value is -2.14. The minimum absolute atomic E-state index is 0.162. The van der Waals surface area contributed by atoms with Gasteiger partial charge in [0.05, 0.1) is 12.7 Å². The molecule has 1 aliphatic rings. The summed E-state index contributed by atoms with van der Waals surface area (Å²) in [6.45, 7) is 7.63. The highest BCUT2D eigenvalue weighted by molar-refractivity contribution is 5.94. The minimum atomic E-state index is 0.162. The monoisotopic (exact) mass is 326 g/mol. The highest BCUT2D eigenvalue weighted by Crippen LogP contribution is 2.13. The van der Waals surface area contributed by atoms with Crippen molar-refractivity contribution in [2.24, 2.45) is 0 Å². The minimum Gasteiger partial charge on any atom is -0.339 e. The third-order valence-electron chi connectivity index (χ3n) is 4.47. The number of rotatable bonds is 6. The van der Waals surface area contributed by atoms with Crippen LogP contribution >= 0.6 is 0 Å². The van der Waals surface area contributed by atoms with E-state index in [1.165, 1.54) is 11.1 Å². The SMILES string of the molecule is Cc1cnn(C[C@@H](C)NCc2ccc(C(=O)N3CCCC3)cc2)c1. The molecule has 3 rings (SSSR count). The maximum atomic E-state index is 12.3. The van der Waals surface area contributed by atoms with E-state index in [2.05, 4.69) is 23.5 Å². The van der Waals surface area contributed by atoms with Gasteiger partial charge in [-0.15, -0.1) is 0 Å². The quantitative estimate of drug-likeness (QED) is 0.888. The first-order chi connectivity index (χ1) is 11.6. The van der Waals surface area contributed by atoms with Crippen molar-refractivity contribution in [3.8, 4) is 0 Å². The number of carbonyl (C=O) groups excluding carboxylic acids is 1. The number of amides is 1. The summed E-state index contributed by atoms with van der Waals surface area (Å²) in [5.74, 6) is 0.162. The predicted molar refractivity (Wildman–Crippen MR) is 94.8 cm³/mol. The Morgan fingerprint density at radius 1 is 1.25 bits per heavy atom.